The topological polar surface area (TPSA) is 28.0 Å². The van der Waals surface area contributed by atoms with E-state index in [0.717, 1.165) is 4.90 Å². The molecule has 0 spiro atoms. The molecule has 0 aliphatic carbocycles. The van der Waals surface area contributed by atoms with Crippen LogP contribution in [0.3, 0.4) is 0 Å². The van der Waals surface area contributed by atoms with Gasteiger partial charge in [-0.2, -0.15) is 0 Å². The Balaban J connectivity index is 3.22. The molecule has 0 saturated carbocycles. The van der Waals surface area contributed by atoms with Gasteiger partial charge in [0.2, 0.25) is 7.59 Å². The Labute approximate surface area is 148 Å². The van der Waals surface area contributed by atoms with Crippen molar-refractivity contribution in [2.45, 2.75) is 11.5 Å². The molecular weight excluding hydrogens is 433 g/mol. The molecule has 0 bridgehead atoms. The number of rotatable bonds is 0. The summed E-state index contributed by atoms with van der Waals surface area (Å²) < 4.78 is -5.76. The fourth-order valence-electron chi connectivity index (χ4n) is 0.970. The third-order valence-corrected chi connectivity index (χ3v) is 3.27. The van der Waals surface area contributed by atoms with Gasteiger partial charge in [0, 0.05) is 0 Å². The van der Waals surface area contributed by atoms with Crippen LogP contribution in [-0.2, 0) is 0 Å². The smallest absolute Gasteiger partial charge is 0.270 e. The van der Waals surface area contributed by atoms with E-state index in [1.807, 2.05) is 0 Å². The Bertz CT molecular complexity index is 385. The highest BCUT2D eigenvalue weighted by Gasteiger charge is 2.45. The number of hydrogen-bond acceptors (Lipinski definition) is 3. The van der Waals surface area contributed by atoms with E-state index in [9.17, 15) is 0 Å². The molecule has 0 amide bonds. The number of halogens is 9. The lowest BCUT2D eigenvalue weighted by molar-refractivity contribution is 0.429. The maximum atomic E-state index is 5.73. The van der Waals surface area contributed by atoms with E-state index in [4.69, 9.17) is 104 Å². The van der Waals surface area contributed by atoms with Crippen LogP contribution >= 0.6 is 104 Å². The molecule has 3 nitrogen and oxygen atoms in total. The van der Waals surface area contributed by atoms with Crippen molar-refractivity contribution in [2.24, 2.45) is 9.98 Å². The first-order valence-corrected chi connectivity index (χ1v) is 7.35. The van der Waals surface area contributed by atoms with Crippen LogP contribution < -0.4 is 0 Å². The van der Waals surface area contributed by atoms with Crippen molar-refractivity contribution in [3.8, 4) is 0 Å². The molecule has 0 radical (unpaired) electrons. The third-order valence-electron chi connectivity index (χ3n) is 1.64. The van der Waals surface area contributed by atoms with Gasteiger partial charge in [-0.05, 0) is 0 Å². The van der Waals surface area contributed by atoms with Gasteiger partial charge in [0.05, 0.1) is 0 Å². The normalized spacial score (nSPS) is 18.6. The predicted molar refractivity (Wildman–Crippen MR) is 82.4 cm³/mol. The van der Waals surface area contributed by atoms with Crippen LogP contribution in [0.15, 0.2) is 9.98 Å². The summed E-state index contributed by atoms with van der Waals surface area (Å²) in [6, 6.07) is 0. The third kappa shape index (κ3) is 4.64. The lowest BCUT2D eigenvalue weighted by atomic mass is 10.5. The first-order chi connectivity index (χ1) is 7.83. The van der Waals surface area contributed by atoms with Gasteiger partial charge in [0.15, 0.2) is 11.7 Å². The molecule has 0 aromatic rings. The van der Waals surface area contributed by atoms with Crippen LogP contribution in [-0.4, -0.2) is 34.7 Å². The summed E-state index contributed by atoms with van der Waals surface area (Å²) in [7, 11) is 0. The molecule has 0 unspecified atom stereocenters. The van der Waals surface area contributed by atoms with Crippen molar-refractivity contribution in [1.29, 1.82) is 0 Å². The average Bonchev–Trinajstić information content (AvgIpc) is 2.12. The molecule has 0 aromatic carbocycles. The van der Waals surface area contributed by atoms with E-state index < -0.39 is 11.5 Å². The highest BCUT2D eigenvalue weighted by atomic mass is 35.6. The van der Waals surface area contributed by atoms with Crippen LogP contribution in [0.1, 0.15) is 0 Å². The van der Waals surface area contributed by atoms with Crippen molar-refractivity contribution in [3.05, 3.63) is 0 Å². The predicted octanol–water partition coefficient (Wildman–Crippen LogP) is 5.12. The average molecular weight is 435 g/mol. The number of aliphatic imine (C=N–C) groups is 2. The molecule has 0 N–H and O–H groups in total. The van der Waals surface area contributed by atoms with Crippen LogP contribution in [0.5, 0.6) is 0 Å². The zero-order valence-electron chi connectivity index (χ0n) is 7.95. The van der Waals surface area contributed by atoms with E-state index >= 15 is 0 Å². The fourth-order valence-corrected chi connectivity index (χ4v) is 2.11. The van der Waals surface area contributed by atoms with E-state index in [-0.39, 0.29) is 18.3 Å². The summed E-state index contributed by atoms with van der Waals surface area (Å²) in [6.07, 6.45) is 0. The first-order valence-electron chi connectivity index (χ1n) is 3.95. The molecule has 1 rings (SSSR count). The van der Waals surface area contributed by atoms with E-state index in [1.54, 1.807) is 0 Å². The highest BCUT2D eigenvalue weighted by molar-refractivity contribution is 6.79. The van der Waals surface area contributed by atoms with Crippen LogP contribution in [0, 0.1) is 0 Å². The molecule has 1 heterocycles. The molecule has 0 aromatic heterocycles. The van der Waals surface area contributed by atoms with Gasteiger partial charge in [0.25, 0.3) is 3.92 Å². The maximum absolute atomic E-state index is 5.73. The Kier molecular flexibility index (Phi) is 5.80. The minimum atomic E-state index is -1.97. The molecule has 0 fully saturated rings. The summed E-state index contributed by atoms with van der Waals surface area (Å²) in [5, 5.41) is 0. The van der Waals surface area contributed by atoms with E-state index in [2.05, 4.69) is 9.98 Å². The number of nitrogens with zero attached hydrogens (tertiary/aromatic N) is 3. The summed E-state index contributed by atoms with van der Waals surface area (Å²) in [5.74, 6) is -0.372. The van der Waals surface area contributed by atoms with Gasteiger partial charge < -0.3 is 0 Å². The number of alkyl halides is 9. The molecule has 0 atom stereocenters. The Morgan fingerprint density at radius 3 is 1.67 bits per heavy atom. The molecule has 0 saturated heterocycles. The lowest BCUT2D eigenvalue weighted by Gasteiger charge is -2.36. The Morgan fingerprint density at radius 1 is 0.833 bits per heavy atom. The number of hydrogen-bond donors (Lipinski definition) is 0. The van der Waals surface area contributed by atoms with Gasteiger partial charge >= 0.3 is 0 Å². The highest BCUT2D eigenvalue weighted by Crippen LogP contribution is 2.41. The van der Waals surface area contributed by atoms with Crippen LogP contribution in [0.25, 0.3) is 0 Å². The van der Waals surface area contributed by atoms with E-state index in [0.29, 0.717) is 0 Å². The summed E-state index contributed by atoms with van der Waals surface area (Å²) in [6.45, 7) is -0.188. The SMILES string of the molecule is ClC(Cl)(Cl)C1=NCN(C(Cl)(Cl)Cl)C(C(Cl)(Cl)Cl)=N1. The van der Waals surface area contributed by atoms with Gasteiger partial charge in [-0.25, -0.2) is 9.98 Å². The van der Waals surface area contributed by atoms with E-state index in [1.165, 1.54) is 0 Å². The quantitative estimate of drug-likeness (QED) is 0.383. The first kappa shape index (κ1) is 17.8. The molecule has 18 heavy (non-hydrogen) atoms. The zero-order chi connectivity index (χ0) is 14.4. The monoisotopic (exact) mass is 431 g/mol. The van der Waals surface area contributed by atoms with Gasteiger partial charge in [-0.1, -0.05) is 104 Å². The lowest BCUT2D eigenvalue weighted by Crippen LogP contribution is -2.50. The standard InChI is InChI=1S/C6H2Cl9N3/c7-4(8,9)2-16-1-18(6(13,14)15)3(17-2)5(10,11)12/h1H2. The zero-order valence-corrected chi connectivity index (χ0v) is 14.8. The summed E-state index contributed by atoms with van der Waals surface area (Å²) in [4.78, 5) is 8.69. The van der Waals surface area contributed by atoms with Crippen molar-refractivity contribution in [3.63, 3.8) is 0 Å². The molecular formula is C6H2Cl9N3. The van der Waals surface area contributed by atoms with Gasteiger partial charge in [-0.15, -0.1) is 0 Å². The molecule has 1 aliphatic rings. The second kappa shape index (κ2) is 5.86. The second-order valence-corrected chi connectivity index (χ2v) is 9.73. The molecule has 12 heteroatoms. The Morgan fingerprint density at radius 2 is 1.33 bits per heavy atom. The van der Waals surface area contributed by atoms with Gasteiger partial charge in [-0.3, -0.25) is 4.90 Å². The fraction of sp³-hybridized carbons (Fsp3) is 0.667. The molecule has 1 aliphatic heterocycles. The van der Waals surface area contributed by atoms with Gasteiger partial charge in [0.1, 0.15) is 6.67 Å². The summed E-state index contributed by atoms with van der Waals surface area (Å²) >= 11 is 51.2. The number of amidine groups is 2. The van der Waals surface area contributed by atoms with Crippen molar-refractivity contribution in [2.75, 3.05) is 6.67 Å². The largest absolute Gasteiger partial charge is 0.292 e. The minimum absolute atomic E-state index is 0.167. The van der Waals surface area contributed by atoms with Crippen molar-refractivity contribution in [1.82, 2.24) is 4.90 Å². The van der Waals surface area contributed by atoms with Crippen molar-refractivity contribution >= 4 is 116 Å². The summed E-state index contributed by atoms with van der Waals surface area (Å²) in [5.41, 5.74) is 0. The Hall–Kier alpha value is 1.75. The molecule has 104 valence electrons. The second-order valence-electron chi connectivity index (χ2n) is 2.95. The van der Waals surface area contributed by atoms with Crippen molar-refractivity contribution < 1.29 is 0 Å². The maximum Gasteiger partial charge on any atom is 0.270 e. The van der Waals surface area contributed by atoms with Crippen LogP contribution in [0.2, 0.25) is 0 Å². The minimum Gasteiger partial charge on any atom is -0.292 e. The van der Waals surface area contributed by atoms with Crippen LogP contribution in [0.4, 0.5) is 0 Å².